The first-order valence-corrected chi connectivity index (χ1v) is 10.1. The van der Waals surface area contributed by atoms with Crippen LogP contribution in [0.1, 0.15) is 56.8 Å². The van der Waals surface area contributed by atoms with Crippen LogP contribution >= 0.6 is 11.8 Å². The van der Waals surface area contributed by atoms with E-state index >= 15 is 0 Å². The molecule has 0 aliphatic carbocycles. The molecule has 1 atom stereocenters. The van der Waals surface area contributed by atoms with Gasteiger partial charge < -0.3 is 5.73 Å². The molecular formula is C18H30N4OS. The fraction of sp³-hybridized carbons (Fsp3) is 0.722. The smallest absolute Gasteiger partial charge is 0.221 e. The normalized spacial score (nSPS) is 18.7. The SMILES string of the molecule is CCCCCCSc1nc(C)cc(CN2CCCC(C(N)=O)C2)n1. The number of aromatic nitrogens is 2. The van der Waals surface area contributed by atoms with E-state index in [2.05, 4.69) is 22.9 Å². The molecule has 1 saturated heterocycles. The number of thioether (sulfide) groups is 1. The van der Waals surface area contributed by atoms with Crippen molar-refractivity contribution < 1.29 is 4.79 Å². The summed E-state index contributed by atoms with van der Waals surface area (Å²) in [4.78, 5) is 23.0. The quantitative estimate of drug-likeness (QED) is 0.421. The predicted molar refractivity (Wildman–Crippen MR) is 98.8 cm³/mol. The molecule has 0 aromatic carbocycles. The molecule has 6 heteroatoms. The van der Waals surface area contributed by atoms with Crippen LogP contribution in [-0.4, -0.2) is 39.6 Å². The van der Waals surface area contributed by atoms with Crippen molar-refractivity contribution in [2.75, 3.05) is 18.8 Å². The highest BCUT2D eigenvalue weighted by Crippen LogP contribution is 2.20. The molecule has 1 aliphatic rings. The highest BCUT2D eigenvalue weighted by Gasteiger charge is 2.24. The standard InChI is InChI=1S/C18H30N4OS/c1-3-4-5-6-10-24-18-20-14(2)11-16(21-18)13-22-9-7-8-15(12-22)17(19)23/h11,15H,3-10,12-13H2,1-2H3,(H2,19,23). The molecule has 5 nitrogen and oxygen atoms in total. The minimum Gasteiger partial charge on any atom is -0.369 e. The van der Waals surface area contributed by atoms with E-state index < -0.39 is 0 Å². The molecule has 1 fully saturated rings. The van der Waals surface area contributed by atoms with Gasteiger partial charge in [-0.15, -0.1) is 0 Å². The third-order valence-electron chi connectivity index (χ3n) is 4.41. The summed E-state index contributed by atoms with van der Waals surface area (Å²) in [5.41, 5.74) is 7.52. The Morgan fingerprint density at radius 3 is 2.96 bits per heavy atom. The lowest BCUT2D eigenvalue weighted by molar-refractivity contribution is -0.123. The lowest BCUT2D eigenvalue weighted by Gasteiger charge is -2.30. The Kier molecular flexibility index (Phi) is 7.99. The van der Waals surface area contributed by atoms with Gasteiger partial charge in [0.05, 0.1) is 11.6 Å². The van der Waals surface area contributed by atoms with Crippen LogP contribution in [0.5, 0.6) is 0 Å². The molecule has 1 aliphatic heterocycles. The first kappa shape index (κ1) is 19.2. The molecule has 2 N–H and O–H groups in total. The third-order valence-corrected chi connectivity index (χ3v) is 5.34. The van der Waals surface area contributed by atoms with E-state index in [1.54, 1.807) is 11.8 Å². The Morgan fingerprint density at radius 2 is 2.21 bits per heavy atom. The maximum Gasteiger partial charge on any atom is 0.221 e. The summed E-state index contributed by atoms with van der Waals surface area (Å²) >= 11 is 1.75. The zero-order valence-electron chi connectivity index (χ0n) is 15.0. The molecule has 2 heterocycles. The van der Waals surface area contributed by atoms with Crippen LogP contribution in [0, 0.1) is 12.8 Å². The monoisotopic (exact) mass is 350 g/mol. The van der Waals surface area contributed by atoms with Gasteiger partial charge in [-0.3, -0.25) is 9.69 Å². The van der Waals surface area contributed by atoms with Gasteiger partial charge in [0.15, 0.2) is 5.16 Å². The van der Waals surface area contributed by atoms with E-state index in [9.17, 15) is 4.79 Å². The van der Waals surface area contributed by atoms with E-state index in [-0.39, 0.29) is 11.8 Å². The summed E-state index contributed by atoms with van der Waals surface area (Å²) in [5.74, 6) is 0.882. The number of unbranched alkanes of at least 4 members (excludes halogenated alkanes) is 3. The van der Waals surface area contributed by atoms with Gasteiger partial charge in [0.25, 0.3) is 0 Å². The van der Waals surface area contributed by atoms with Gasteiger partial charge in [-0.25, -0.2) is 9.97 Å². The van der Waals surface area contributed by atoms with Gasteiger partial charge in [0.2, 0.25) is 5.91 Å². The summed E-state index contributed by atoms with van der Waals surface area (Å²) in [6.45, 7) is 6.78. The van der Waals surface area contributed by atoms with E-state index in [1.165, 1.54) is 25.7 Å². The van der Waals surface area contributed by atoms with Crippen molar-refractivity contribution in [2.24, 2.45) is 11.7 Å². The molecular weight excluding hydrogens is 320 g/mol. The Morgan fingerprint density at radius 1 is 1.38 bits per heavy atom. The largest absolute Gasteiger partial charge is 0.369 e. The Balaban J connectivity index is 1.89. The highest BCUT2D eigenvalue weighted by atomic mass is 32.2. The van der Waals surface area contributed by atoms with Crippen LogP contribution < -0.4 is 5.73 Å². The fourth-order valence-electron chi connectivity index (χ4n) is 3.10. The number of carbonyl (C=O) groups excluding carboxylic acids is 1. The second-order valence-corrected chi connectivity index (χ2v) is 7.73. The molecule has 134 valence electrons. The molecule has 0 saturated carbocycles. The molecule has 0 bridgehead atoms. The number of hydrogen-bond donors (Lipinski definition) is 1. The molecule has 1 aromatic heterocycles. The van der Waals surface area contributed by atoms with Crippen LogP contribution in [0.25, 0.3) is 0 Å². The van der Waals surface area contributed by atoms with Crippen molar-refractivity contribution in [3.63, 3.8) is 0 Å². The molecule has 0 spiro atoms. The first-order chi connectivity index (χ1) is 11.6. The zero-order valence-corrected chi connectivity index (χ0v) is 15.8. The summed E-state index contributed by atoms with van der Waals surface area (Å²) in [6.07, 6.45) is 7.00. The topological polar surface area (TPSA) is 72.1 Å². The number of primary amides is 1. The first-order valence-electron chi connectivity index (χ1n) is 9.07. The number of nitrogens with zero attached hydrogens (tertiary/aromatic N) is 3. The average Bonchev–Trinajstić information content (AvgIpc) is 2.54. The van der Waals surface area contributed by atoms with Gasteiger partial charge in [0, 0.05) is 24.5 Å². The van der Waals surface area contributed by atoms with Crippen molar-refractivity contribution in [3.05, 3.63) is 17.5 Å². The van der Waals surface area contributed by atoms with Gasteiger partial charge in [-0.1, -0.05) is 37.9 Å². The average molecular weight is 351 g/mol. The third kappa shape index (κ3) is 6.40. The van der Waals surface area contributed by atoms with Crippen LogP contribution in [0.4, 0.5) is 0 Å². The minimum atomic E-state index is -0.179. The van der Waals surface area contributed by atoms with E-state index in [0.29, 0.717) is 0 Å². The number of carbonyl (C=O) groups is 1. The molecule has 1 amide bonds. The second-order valence-electron chi connectivity index (χ2n) is 6.67. The number of rotatable bonds is 9. The van der Waals surface area contributed by atoms with Crippen LogP contribution in [0.2, 0.25) is 0 Å². The van der Waals surface area contributed by atoms with Crippen molar-refractivity contribution in [2.45, 2.75) is 64.1 Å². The number of nitrogens with two attached hydrogens (primary N) is 1. The number of amides is 1. The number of hydrogen-bond acceptors (Lipinski definition) is 5. The molecule has 2 rings (SSSR count). The zero-order chi connectivity index (χ0) is 17.4. The maximum atomic E-state index is 11.4. The second kappa shape index (κ2) is 9.99. The van der Waals surface area contributed by atoms with Crippen molar-refractivity contribution >= 4 is 17.7 Å². The predicted octanol–water partition coefficient (Wildman–Crippen LogP) is 3.15. The maximum absolute atomic E-state index is 11.4. The Bertz CT molecular complexity index is 538. The molecule has 0 radical (unpaired) electrons. The number of likely N-dealkylation sites (tertiary alicyclic amines) is 1. The Hall–Kier alpha value is -1.14. The summed E-state index contributed by atoms with van der Waals surface area (Å²) in [5, 5.41) is 0.880. The van der Waals surface area contributed by atoms with E-state index in [4.69, 9.17) is 10.7 Å². The number of aryl methyl sites for hydroxylation is 1. The van der Waals surface area contributed by atoms with Gasteiger partial charge >= 0.3 is 0 Å². The summed E-state index contributed by atoms with van der Waals surface area (Å²) in [7, 11) is 0. The lowest BCUT2D eigenvalue weighted by Crippen LogP contribution is -2.40. The summed E-state index contributed by atoms with van der Waals surface area (Å²) < 4.78 is 0. The fourth-order valence-corrected chi connectivity index (χ4v) is 4.02. The minimum absolute atomic E-state index is 0.0194. The number of piperidine rings is 1. The van der Waals surface area contributed by atoms with E-state index in [0.717, 1.165) is 54.8 Å². The van der Waals surface area contributed by atoms with Crippen molar-refractivity contribution in [1.82, 2.24) is 14.9 Å². The van der Waals surface area contributed by atoms with Crippen LogP contribution in [-0.2, 0) is 11.3 Å². The van der Waals surface area contributed by atoms with Gasteiger partial charge in [-0.2, -0.15) is 0 Å². The highest BCUT2D eigenvalue weighted by molar-refractivity contribution is 7.99. The molecule has 1 aromatic rings. The lowest BCUT2D eigenvalue weighted by atomic mass is 9.97. The van der Waals surface area contributed by atoms with E-state index in [1.807, 2.05) is 6.92 Å². The Labute approximate surface area is 149 Å². The molecule has 1 unspecified atom stereocenters. The van der Waals surface area contributed by atoms with Gasteiger partial charge in [-0.05, 0) is 38.8 Å². The van der Waals surface area contributed by atoms with Crippen LogP contribution in [0.15, 0.2) is 11.2 Å². The molecule has 24 heavy (non-hydrogen) atoms. The van der Waals surface area contributed by atoms with Gasteiger partial charge in [0.1, 0.15) is 0 Å². The van der Waals surface area contributed by atoms with Crippen LogP contribution in [0.3, 0.4) is 0 Å². The summed E-state index contributed by atoms with van der Waals surface area (Å²) in [6, 6.07) is 2.05. The van der Waals surface area contributed by atoms with Crippen molar-refractivity contribution in [3.8, 4) is 0 Å². The van der Waals surface area contributed by atoms with Crippen molar-refractivity contribution in [1.29, 1.82) is 0 Å².